The van der Waals surface area contributed by atoms with E-state index in [-0.39, 0.29) is 23.1 Å². The van der Waals surface area contributed by atoms with Gasteiger partial charge in [0, 0.05) is 22.3 Å². The number of carbonyl (C=O) groups is 2. The summed E-state index contributed by atoms with van der Waals surface area (Å²) in [6.07, 6.45) is 0. The Bertz CT molecular complexity index is 1020. The molecule has 0 aromatic heterocycles. The summed E-state index contributed by atoms with van der Waals surface area (Å²) in [6, 6.07) is 16.2. The summed E-state index contributed by atoms with van der Waals surface area (Å²) in [5, 5.41) is 19.1. The molecule has 2 N–H and O–H groups in total. The fourth-order valence-corrected chi connectivity index (χ4v) is 2.98. The molecule has 3 aromatic rings. The van der Waals surface area contributed by atoms with Gasteiger partial charge in [-0.05, 0) is 35.4 Å². The molecule has 116 valence electrons. The smallest absolute Gasteiger partial charge is 0.194 e. The lowest BCUT2D eigenvalue weighted by Gasteiger charge is -2.18. The van der Waals surface area contributed by atoms with Gasteiger partial charge in [-0.3, -0.25) is 9.59 Å². The lowest BCUT2D eigenvalue weighted by Crippen LogP contribution is -2.20. The normalized spacial score (nSPS) is 12.7. The van der Waals surface area contributed by atoms with E-state index in [1.807, 2.05) is 0 Å². The third-order valence-corrected chi connectivity index (χ3v) is 4.23. The van der Waals surface area contributed by atoms with Crippen LogP contribution in [0, 0.1) is 0 Å². The molecule has 0 bridgehead atoms. The first-order valence-corrected chi connectivity index (χ1v) is 7.41. The molecule has 3 aromatic carbocycles. The van der Waals surface area contributed by atoms with E-state index in [1.54, 1.807) is 48.5 Å². The summed E-state index contributed by atoms with van der Waals surface area (Å²) in [5.41, 5.74) is 2.89. The van der Waals surface area contributed by atoms with Crippen molar-refractivity contribution in [1.29, 1.82) is 0 Å². The molecule has 0 fully saturated rings. The van der Waals surface area contributed by atoms with Crippen molar-refractivity contribution in [2.45, 2.75) is 0 Å². The van der Waals surface area contributed by atoms with Crippen LogP contribution in [-0.2, 0) is 0 Å². The first-order valence-electron chi connectivity index (χ1n) is 7.41. The molecule has 0 heterocycles. The SMILES string of the molecule is O=C1c2ccccc2C(=O)c2cc(-c3ccc(O)c(O)c3)ccc21. The maximum atomic E-state index is 12.7. The minimum absolute atomic E-state index is 0.166. The number of hydrogen-bond donors (Lipinski definition) is 2. The van der Waals surface area contributed by atoms with Crippen molar-refractivity contribution in [3.8, 4) is 22.6 Å². The van der Waals surface area contributed by atoms with E-state index < -0.39 is 0 Å². The van der Waals surface area contributed by atoms with Crippen molar-refractivity contribution in [3.63, 3.8) is 0 Å². The molecule has 0 radical (unpaired) electrons. The first-order chi connectivity index (χ1) is 11.6. The Labute approximate surface area is 137 Å². The van der Waals surface area contributed by atoms with E-state index in [2.05, 4.69) is 0 Å². The van der Waals surface area contributed by atoms with Crippen LogP contribution < -0.4 is 0 Å². The topological polar surface area (TPSA) is 74.6 Å². The number of aromatic hydroxyl groups is 2. The summed E-state index contributed by atoms with van der Waals surface area (Å²) in [7, 11) is 0. The maximum absolute atomic E-state index is 12.7. The van der Waals surface area contributed by atoms with Gasteiger partial charge >= 0.3 is 0 Å². The molecular formula is C20H12O4. The average Bonchev–Trinajstić information content (AvgIpc) is 2.61. The molecule has 0 saturated carbocycles. The Balaban J connectivity index is 1.88. The van der Waals surface area contributed by atoms with E-state index in [9.17, 15) is 19.8 Å². The highest BCUT2D eigenvalue weighted by molar-refractivity contribution is 6.28. The van der Waals surface area contributed by atoms with E-state index in [0.717, 1.165) is 0 Å². The highest BCUT2D eigenvalue weighted by Gasteiger charge is 2.29. The molecule has 4 heteroatoms. The summed E-state index contributed by atoms with van der Waals surface area (Å²) in [6.45, 7) is 0. The van der Waals surface area contributed by atoms with Crippen LogP contribution in [-0.4, -0.2) is 21.8 Å². The monoisotopic (exact) mass is 316 g/mol. The number of hydrogen-bond acceptors (Lipinski definition) is 4. The minimum Gasteiger partial charge on any atom is -0.504 e. The largest absolute Gasteiger partial charge is 0.504 e. The predicted octanol–water partition coefficient (Wildman–Crippen LogP) is 3.54. The van der Waals surface area contributed by atoms with E-state index >= 15 is 0 Å². The van der Waals surface area contributed by atoms with E-state index in [4.69, 9.17) is 0 Å². The van der Waals surface area contributed by atoms with Crippen LogP contribution >= 0.6 is 0 Å². The van der Waals surface area contributed by atoms with Gasteiger partial charge in [0.05, 0.1) is 0 Å². The van der Waals surface area contributed by atoms with Crippen molar-refractivity contribution in [2.75, 3.05) is 0 Å². The summed E-state index contributed by atoms with van der Waals surface area (Å²) < 4.78 is 0. The highest BCUT2D eigenvalue weighted by atomic mass is 16.3. The van der Waals surface area contributed by atoms with E-state index in [1.165, 1.54) is 12.1 Å². The lowest BCUT2D eigenvalue weighted by atomic mass is 9.83. The van der Waals surface area contributed by atoms with Gasteiger partial charge in [0.1, 0.15) is 0 Å². The fourth-order valence-electron chi connectivity index (χ4n) is 2.98. The van der Waals surface area contributed by atoms with Gasteiger partial charge in [0.2, 0.25) is 0 Å². The number of phenolic OH excluding ortho intramolecular Hbond substituents is 2. The number of benzene rings is 3. The second kappa shape index (κ2) is 5.06. The molecule has 0 saturated heterocycles. The average molecular weight is 316 g/mol. The predicted molar refractivity (Wildman–Crippen MR) is 88.5 cm³/mol. The molecule has 0 aliphatic heterocycles. The molecule has 4 nitrogen and oxygen atoms in total. The highest BCUT2D eigenvalue weighted by Crippen LogP contribution is 2.34. The number of phenols is 2. The molecule has 4 rings (SSSR count). The molecule has 1 aliphatic carbocycles. The van der Waals surface area contributed by atoms with Crippen LogP contribution in [0.2, 0.25) is 0 Å². The van der Waals surface area contributed by atoms with Crippen molar-refractivity contribution in [1.82, 2.24) is 0 Å². The molecule has 0 atom stereocenters. The second-order valence-corrected chi connectivity index (χ2v) is 5.67. The summed E-state index contributed by atoms with van der Waals surface area (Å²) in [4.78, 5) is 25.3. The van der Waals surface area contributed by atoms with Gasteiger partial charge in [-0.1, -0.05) is 36.4 Å². The molecule has 0 amide bonds. The zero-order chi connectivity index (χ0) is 16.8. The van der Waals surface area contributed by atoms with Crippen LogP contribution in [0.4, 0.5) is 0 Å². The van der Waals surface area contributed by atoms with Crippen LogP contribution in [0.5, 0.6) is 11.5 Å². The Morgan fingerprint density at radius 2 is 1.08 bits per heavy atom. The molecule has 1 aliphatic rings. The van der Waals surface area contributed by atoms with Crippen molar-refractivity contribution < 1.29 is 19.8 Å². The van der Waals surface area contributed by atoms with Crippen molar-refractivity contribution in [3.05, 3.63) is 82.9 Å². The van der Waals surface area contributed by atoms with Crippen LogP contribution in [0.15, 0.2) is 60.7 Å². The fraction of sp³-hybridized carbons (Fsp3) is 0. The summed E-state index contributed by atoms with van der Waals surface area (Å²) in [5.74, 6) is -0.805. The molecular weight excluding hydrogens is 304 g/mol. The zero-order valence-electron chi connectivity index (χ0n) is 12.5. The Morgan fingerprint density at radius 1 is 0.542 bits per heavy atom. The Kier molecular flexibility index (Phi) is 3.00. The first kappa shape index (κ1) is 14.2. The van der Waals surface area contributed by atoms with Crippen LogP contribution in [0.1, 0.15) is 31.8 Å². The van der Waals surface area contributed by atoms with Gasteiger partial charge in [-0.25, -0.2) is 0 Å². The quantitative estimate of drug-likeness (QED) is 0.527. The minimum atomic E-state index is -0.238. The Morgan fingerprint density at radius 3 is 1.75 bits per heavy atom. The molecule has 0 unspecified atom stereocenters. The van der Waals surface area contributed by atoms with Crippen LogP contribution in [0.3, 0.4) is 0 Å². The van der Waals surface area contributed by atoms with Gasteiger partial charge in [-0.15, -0.1) is 0 Å². The van der Waals surface area contributed by atoms with Crippen molar-refractivity contribution >= 4 is 11.6 Å². The van der Waals surface area contributed by atoms with Crippen molar-refractivity contribution in [2.24, 2.45) is 0 Å². The van der Waals surface area contributed by atoms with Gasteiger partial charge in [0.15, 0.2) is 23.1 Å². The molecule has 0 spiro atoms. The zero-order valence-corrected chi connectivity index (χ0v) is 12.5. The van der Waals surface area contributed by atoms with Gasteiger partial charge in [-0.2, -0.15) is 0 Å². The van der Waals surface area contributed by atoms with Gasteiger partial charge < -0.3 is 10.2 Å². The standard InChI is InChI=1S/C20H12O4/c21-17-8-6-12(10-18(17)22)11-5-7-15-16(9-11)20(24)14-4-2-1-3-13(14)19(15)23/h1-10,21-22H. The Hall–Kier alpha value is -3.40. The molecule has 24 heavy (non-hydrogen) atoms. The third kappa shape index (κ3) is 2.01. The van der Waals surface area contributed by atoms with Gasteiger partial charge in [0.25, 0.3) is 0 Å². The van der Waals surface area contributed by atoms with Crippen LogP contribution in [0.25, 0.3) is 11.1 Å². The third-order valence-electron chi connectivity index (χ3n) is 4.23. The maximum Gasteiger partial charge on any atom is 0.194 e. The number of carbonyl (C=O) groups excluding carboxylic acids is 2. The summed E-state index contributed by atoms with van der Waals surface area (Å²) >= 11 is 0. The number of rotatable bonds is 1. The lowest BCUT2D eigenvalue weighted by molar-refractivity contribution is 0.0979. The number of fused-ring (bicyclic) bond motifs is 2. The number of ketones is 2. The second-order valence-electron chi connectivity index (χ2n) is 5.67. The van der Waals surface area contributed by atoms with E-state index in [0.29, 0.717) is 33.4 Å².